The van der Waals surface area contributed by atoms with Crippen LogP contribution in [0.2, 0.25) is 0 Å². The Hall–Kier alpha value is -1.38. The topological polar surface area (TPSA) is 184 Å². The fourth-order valence-corrected chi connectivity index (χ4v) is 3.17. The lowest BCUT2D eigenvalue weighted by Crippen LogP contribution is -2.66. The average Bonchev–Trinajstić information content (AvgIpc) is 2.58. The highest BCUT2D eigenvalue weighted by atomic mass is 16.7. The smallest absolute Gasteiger partial charge is 0.335 e. The normalized spacial score (nSPS) is 45.3. The number of carbonyl (C=O) groups excluding carboxylic acids is 1. The molecule has 0 aromatic rings. The Labute approximate surface area is 154 Å². The molecule has 2 rings (SSSR count). The Morgan fingerprint density at radius 1 is 1.00 bits per heavy atom. The summed E-state index contributed by atoms with van der Waals surface area (Å²) < 4.78 is 21.0. The molecule has 0 radical (unpaired) electrons. The van der Waals surface area contributed by atoms with Crippen molar-refractivity contribution in [1.29, 1.82) is 0 Å². The third-order valence-electron chi connectivity index (χ3n) is 4.57. The zero-order chi connectivity index (χ0) is 20.5. The predicted octanol–water partition coefficient (Wildman–Crippen LogP) is -3.48. The van der Waals surface area contributed by atoms with E-state index in [1.165, 1.54) is 14.0 Å². The lowest BCUT2D eigenvalue weighted by molar-refractivity contribution is -0.341. The van der Waals surface area contributed by atoms with E-state index in [0.29, 0.717) is 0 Å². The van der Waals surface area contributed by atoms with Gasteiger partial charge in [0.05, 0.1) is 12.1 Å². The molecule has 0 saturated carbocycles. The van der Waals surface area contributed by atoms with Gasteiger partial charge in [0.2, 0.25) is 5.91 Å². The van der Waals surface area contributed by atoms with Gasteiger partial charge in [-0.3, -0.25) is 4.79 Å². The number of rotatable bonds is 5. The summed E-state index contributed by atoms with van der Waals surface area (Å²) in [6.07, 6.45) is -13.5. The van der Waals surface area contributed by atoms with E-state index in [-0.39, 0.29) is 0 Å². The molecule has 0 bridgehead atoms. The van der Waals surface area contributed by atoms with Gasteiger partial charge in [-0.2, -0.15) is 0 Å². The number of aliphatic carboxylic acids is 1. The summed E-state index contributed by atoms with van der Waals surface area (Å²) in [7, 11) is 1.25. The second-order valence-corrected chi connectivity index (χ2v) is 6.49. The molecule has 2 aliphatic heterocycles. The first-order chi connectivity index (χ1) is 12.6. The first-order valence-corrected chi connectivity index (χ1v) is 8.29. The summed E-state index contributed by atoms with van der Waals surface area (Å²) in [4.78, 5) is 22.7. The van der Waals surface area contributed by atoms with Crippen LogP contribution in [-0.4, -0.2) is 106 Å². The summed E-state index contributed by atoms with van der Waals surface area (Å²) in [5, 5.41) is 51.6. The van der Waals surface area contributed by atoms with E-state index in [2.05, 4.69) is 5.32 Å². The first kappa shape index (κ1) is 21.9. The van der Waals surface area contributed by atoms with E-state index in [9.17, 15) is 35.1 Å². The number of carboxylic acid groups (broad SMARTS) is 1. The largest absolute Gasteiger partial charge is 0.479 e. The Morgan fingerprint density at radius 2 is 1.63 bits per heavy atom. The fourth-order valence-electron chi connectivity index (χ4n) is 3.17. The van der Waals surface area contributed by atoms with Crippen LogP contribution in [0.15, 0.2) is 0 Å². The molecular formula is C15H25NO11. The summed E-state index contributed by atoms with van der Waals surface area (Å²) in [6, 6.07) is -0.817. The molecule has 0 spiro atoms. The van der Waals surface area contributed by atoms with Crippen molar-refractivity contribution in [3.8, 4) is 0 Å². The van der Waals surface area contributed by atoms with Gasteiger partial charge in [0.25, 0.3) is 0 Å². The van der Waals surface area contributed by atoms with Gasteiger partial charge in [0.1, 0.15) is 30.5 Å². The van der Waals surface area contributed by atoms with Crippen LogP contribution in [0.1, 0.15) is 13.8 Å². The summed E-state index contributed by atoms with van der Waals surface area (Å²) in [6.45, 7) is 2.82. The van der Waals surface area contributed by atoms with E-state index in [1.807, 2.05) is 0 Å². The molecule has 2 saturated heterocycles. The molecule has 2 aliphatic rings. The van der Waals surface area contributed by atoms with Gasteiger partial charge in [-0.05, 0) is 6.92 Å². The van der Waals surface area contributed by atoms with Crippen molar-refractivity contribution in [3.05, 3.63) is 0 Å². The van der Waals surface area contributed by atoms with Gasteiger partial charge >= 0.3 is 5.97 Å². The maximum atomic E-state index is 11.4. The molecule has 10 atom stereocenters. The van der Waals surface area contributed by atoms with Crippen LogP contribution in [0.4, 0.5) is 0 Å². The molecule has 0 aliphatic carbocycles. The van der Waals surface area contributed by atoms with E-state index in [0.717, 1.165) is 0 Å². The van der Waals surface area contributed by atoms with Crippen LogP contribution < -0.4 is 5.32 Å². The average molecular weight is 395 g/mol. The molecule has 12 nitrogen and oxygen atoms in total. The van der Waals surface area contributed by atoms with Crippen molar-refractivity contribution in [2.24, 2.45) is 0 Å². The zero-order valence-corrected chi connectivity index (χ0v) is 15.0. The van der Waals surface area contributed by atoms with Crippen molar-refractivity contribution in [1.82, 2.24) is 5.32 Å². The molecule has 12 heteroatoms. The van der Waals surface area contributed by atoms with Crippen LogP contribution >= 0.6 is 0 Å². The quantitative estimate of drug-likeness (QED) is 0.272. The van der Waals surface area contributed by atoms with Gasteiger partial charge in [0.15, 0.2) is 18.7 Å². The molecule has 1 unspecified atom stereocenters. The van der Waals surface area contributed by atoms with Crippen LogP contribution in [0.5, 0.6) is 0 Å². The molecule has 0 aromatic heterocycles. The number of aliphatic hydroxyl groups is 4. The molecule has 6 N–H and O–H groups in total. The SMILES string of the molecule is CO[C@H]1[C@@H](O[C@H]2[C@H](O)[C@@H](O)C(O)O[C@@H]2C(=O)O)O[C@H](C)[C@H](NC(C)=O)[C@@H]1O. The molecule has 27 heavy (non-hydrogen) atoms. The first-order valence-electron chi connectivity index (χ1n) is 8.29. The maximum absolute atomic E-state index is 11.4. The number of hydrogen-bond acceptors (Lipinski definition) is 10. The standard InChI is InChI=1S/C15H25NO11/c1-4-6(16-5(2)17)7(18)11(24-3)15(25-4)27-10-8(19)9(20)14(23)26-12(10)13(21)22/h4,6-12,14-15,18-20,23H,1-3H3,(H,16,17)(H,21,22)/t4-,6+,7+,8-,9-,10+,11-,12+,14?,15-/m1/s1. The highest BCUT2D eigenvalue weighted by Crippen LogP contribution is 2.29. The molecule has 2 heterocycles. The summed E-state index contributed by atoms with van der Waals surface area (Å²) in [5.74, 6) is -1.94. The molecular weight excluding hydrogens is 370 g/mol. The number of hydrogen-bond donors (Lipinski definition) is 6. The maximum Gasteiger partial charge on any atom is 0.335 e. The van der Waals surface area contributed by atoms with Crippen LogP contribution in [0.25, 0.3) is 0 Å². The van der Waals surface area contributed by atoms with Crippen LogP contribution in [0, 0.1) is 0 Å². The summed E-state index contributed by atoms with van der Waals surface area (Å²) >= 11 is 0. The Bertz CT molecular complexity index is 546. The van der Waals surface area contributed by atoms with Crippen molar-refractivity contribution < 1.29 is 54.1 Å². The lowest BCUT2D eigenvalue weighted by atomic mass is 9.95. The minimum atomic E-state index is -1.92. The van der Waals surface area contributed by atoms with Crippen molar-refractivity contribution in [2.45, 2.75) is 75.2 Å². The van der Waals surface area contributed by atoms with E-state index >= 15 is 0 Å². The molecule has 0 aromatic carbocycles. The zero-order valence-electron chi connectivity index (χ0n) is 15.0. The third-order valence-corrected chi connectivity index (χ3v) is 4.57. The monoisotopic (exact) mass is 395 g/mol. The number of ether oxygens (including phenoxy) is 4. The molecule has 1 amide bonds. The fraction of sp³-hybridized carbons (Fsp3) is 0.867. The lowest BCUT2D eigenvalue weighted by Gasteiger charge is -2.46. The number of aliphatic hydroxyl groups excluding tert-OH is 4. The van der Waals surface area contributed by atoms with Gasteiger partial charge in [-0.25, -0.2) is 4.79 Å². The van der Waals surface area contributed by atoms with Crippen LogP contribution in [-0.2, 0) is 28.5 Å². The van der Waals surface area contributed by atoms with Crippen LogP contribution in [0.3, 0.4) is 0 Å². The third kappa shape index (κ3) is 4.55. The highest BCUT2D eigenvalue weighted by Gasteiger charge is 2.52. The Morgan fingerprint density at radius 3 is 2.15 bits per heavy atom. The second kappa shape index (κ2) is 8.75. The van der Waals surface area contributed by atoms with Gasteiger partial charge in [-0.15, -0.1) is 0 Å². The second-order valence-electron chi connectivity index (χ2n) is 6.49. The number of carboxylic acids is 1. The van der Waals surface area contributed by atoms with Gasteiger partial charge in [0, 0.05) is 14.0 Å². The Kier molecular flexibility index (Phi) is 7.10. The van der Waals surface area contributed by atoms with Gasteiger partial charge in [-0.1, -0.05) is 0 Å². The molecule has 2 fully saturated rings. The highest BCUT2D eigenvalue weighted by molar-refractivity contribution is 5.73. The number of carbonyl (C=O) groups is 2. The minimum absolute atomic E-state index is 0.400. The predicted molar refractivity (Wildman–Crippen MR) is 84.1 cm³/mol. The van der Waals surface area contributed by atoms with Gasteiger partial charge < -0.3 is 49.8 Å². The summed E-state index contributed by atoms with van der Waals surface area (Å²) in [5.41, 5.74) is 0. The van der Waals surface area contributed by atoms with Crippen molar-refractivity contribution in [3.63, 3.8) is 0 Å². The minimum Gasteiger partial charge on any atom is -0.479 e. The van der Waals surface area contributed by atoms with Crippen molar-refractivity contribution in [2.75, 3.05) is 7.11 Å². The van der Waals surface area contributed by atoms with E-state index in [1.54, 1.807) is 6.92 Å². The number of methoxy groups -OCH3 is 1. The van der Waals surface area contributed by atoms with Crippen molar-refractivity contribution >= 4 is 11.9 Å². The number of amides is 1. The number of nitrogens with one attached hydrogen (secondary N) is 1. The van der Waals surface area contributed by atoms with E-state index in [4.69, 9.17) is 18.9 Å². The van der Waals surface area contributed by atoms with E-state index < -0.39 is 73.2 Å². The Balaban J connectivity index is 2.20. The molecule has 156 valence electrons.